The summed E-state index contributed by atoms with van der Waals surface area (Å²) in [5.74, 6) is 1.16. The van der Waals surface area contributed by atoms with Gasteiger partial charge in [-0.3, -0.25) is 9.78 Å². The van der Waals surface area contributed by atoms with Gasteiger partial charge in [0.05, 0.1) is 6.61 Å². The van der Waals surface area contributed by atoms with Crippen molar-refractivity contribution in [3.05, 3.63) is 53.9 Å². The number of carbonyl (C=O) groups excluding carboxylic acids is 1. The maximum atomic E-state index is 12.6. The minimum absolute atomic E-state index is 0.0206. The molecule has 6 nitrogen and oxygen atoms in total. The van der Waals surface area contributed by atoms with E-state index in [-0.39, 0.29) is 11.9 Å². The third kappa shape index (κ3) is 4.28. The monoisotopic (exact) mass is 341 g/mol. The summed E-state index contributed by atoms with van der Waals surface area (Å²) in [6.07, 6.45) is 4.32. The number of hydrogen-bond acceptors (Lipinski definition) is 5. The normalized spacial score (nSPS) is 16.7. The molecular weight excluding hydrogens is 318 g/mol. The fourth-order valence-corrected chi connectivity index (χ4v) is 2.83. The smallest absolute Gasteiger partial charge is 0.254 e. The fraction of sp³-hybridized carbons (Fsp3) is 0.368. The Kier molecular flexibility index (Phi) is 5.50. The van der Waals surface area contributed by atoms with Gasteiger partial charge in [-0.05, 0) is 37.6 Å². The average Bonchev–Trinajstić information content (AvgIpc) is 3.07. The number of hydrogen-bond donors (Lipinski definition) is 1. The van der Waals surface area contributed by atoms with E-state index in [4.69, 9.17) is 15.2 Å². The highest BCUT2D eigenvalue weighted by Gasteiger charge is 2.25. The maximum absolute atomic E-state index is 12.6. The molecule has 0 aliphatic carbocycles. The number of rotatable bonds is 6. The highest BCUT2D eigenvalue weighted by atomic mass is 16.5. The SMILES string of the molecule is CCOc1cc(C(=O)N2CC[C@H](N)C2)ccc1OCc1cccnc1. The van der Waals surface area contributed by atoms with Crippen LogP contribution in [0.25, 0.3) is 0 Å². The number of aromatic nitrogens is 1. The van der Waals surface area contributed by atoms with Crippen LogP contribution >= 0.6 is 0 Å². The van der Waals surface area contributed by atoms with Crippen LogP contribution in [0.15, 0.2) is 42.7 Å². The van der Waals surface area contributed by atoms with Crippen LogP contribution in [0.5, 0.6) is 11.5 Å². The Balaban J connectivity index is 1.74. The van der Waals surface area contributed by atoms with E-state index in [0.29, 0.717) is 43.4 Å². The number of carbonyl (C=O) groups is 1. The molecule has 1 atom stereocenters. The third-order valence-corrected chi connectivity index (χ3v) is 4.12. The molecule has 0 saturated carbocycles. The molecule has 1 amide bonds. The van der Waals surface area contributed by atoms with Crippen LogP contribution in [-0.4, -0.2) is 41.5 Å². The molecule has 1 aromatic heterocycles. The predicted molar refractivity (Wildman–Crippen MR) is 94.7 cm³/mol. The van der Waals surface area contributed by atoms with E-state index in [9.17, 15) is 4.79 Å². The molecule has 1 aliphatic rings. The van der Waals surface area contributed by atoms with Crippen molar-refractivity contribution in [1.29, 1.82) is 0 Å². The first-order valence-electron chi connectivity index (χ1n) is 8.50. The quantitative estimate of drug-likeness (QED) is 0.872. The molecule has 1 saturated heterocycles. The van der Waals surface area contributed by atoms with Crippen molar-refractivity contribution < 1.29 is 14.3 Å². The van der Waals surface area contributed by atoms with E-state index in [1.165, 1.54) is 0 Å². The molecule has 0 unspecified atom stereocenters. The molecule has 2 aromatic rings. The molecule has 25 heavy (non-hydrogen) atoms. The van der Waals surface area contributed by atoms with Crippen molar-refractivity contribution in [3.63, 3.8) is 0 Å². The van der Waals surface area contributed by atoms with Crippen LogP contribution in [0.4, 0.5) is 0 Å². The van der Waals surface area contributed by atoms with Crippen molar-refractivity contribution in [2.45, 2.75) is 26.0 Å². The van der Waals surface area contributed by atoms with Crippen LogP contribution in [0.1, 0.15) is 29.3 Å². The summed E-state index contributed by atoms with van der Waals surface area (Å²) < 4.78 is 11.5. The zero-order valence-electron chi connectivity index (χ0n) is 14.4. The van der Waals surface area contributed by atoms with Crippen LogP contribution in [0.2, 0.25) is 0 Å². The molecule has 0 radical (unpaired) electrons. The van der Waals surface area contributed by atoms with Crippen LogP contribution in [-0.2, 0) is 6.61 Å². The summed E-state index contributed by atoms with van der Waals surface area (Å²) in [7, 11) is 0. The van der Waals surface area contributed by atoms with Crippen LogP contribution in [0, 0.1) is 0 Å². The van der Waals surface area contributed by atoms with E-state index >= 15 is 0 Å². The molecule has 3 rings (SSSR count). The maximum Gasteiger partial charge on any atom is 0.254 e. The topological polar surface area (TPSA) is 77.7 Å². The first-order valence-corrected chi connectivity index (χ1v) is 8.50. The van der Waals surface area contributed by atoms with Gasteiger partial charge >= 0.3 is 0 Å². The molecule has 2 heterocycles. The van der Waals surface area contributed by atoms with Gasteiger partial charge in [-0.15, -0.1) is 0 Å². The van der Waals surface area contributed by atoms with Crippen molar-refractivity contribution in [2.24, 2.45) is 5.73 Å². The van der Waals surface area contributed by atoms with Crippen LogP contribution < -0.4 is 15.2 Å². The van der Waals surface area contributed by atoms with Crippen molar-refractivity contribution in [3.8, 4) is 11.5 Å². The lowest BCUT2D eigenvalue weighted by molar-refractivity contribution is 0.0790. The molecule has 0 bridgehead atoms. The summed E-state index contributed by atoms with van der Waals surface area (Å²) in [6, 6.07) is 9.18. The third-order valence-electron chi connectivity index (χ3n) is 4.12. The van der Waals surface area contributed by atoms with Gasteiger partial charge in [0.2, 0.25) is 0 Å². The first kappa shape index (κ1) is 17.2. The lowest BCUT2D eigenvalue weighted by Gasteiger charge is -2.18. The Hall–Kier alpha value is -2.60. The van der Waals surface area contributed by atoms with Gasteiger partial charge < -0.3 is 20.1 Å². The van der Waals surface area contributed by atoms with Gasteiger partial charge in [0.15, 0.2) is 11.5 Å². The van der Waals surface area contributed by atoms with Gasteiger partial charge in [0, 0.05) is 42.7 Å². The lowest BCUT2D eigenvalue weighted by Crippen LogP contribution is -2.31. The Labute approximate surface area is 147 Å². The first-order chi connectivity index (χ1) is 12.2. The van der Waals surface area contributed by atoms with E-state index in [2.05, 4.69) is 4.98 Å². The number of amides is 1. The van der Waals surface area contributed by atoms with E-state index in [1.807, 2.05) is 19.1 Å². The highest BCUT2D eigenvalue weighted by Crippen LogP contribution is 2.30. The predicted octanol–water partition coefficient (Wildman–Crippen LogP) is 2.23. The summed E-state index contributed by atoms with van der Waals surface area (Å²) in [4.78, 5) is 18.5. The lowest BCUT2D eigenvalue weighted by atomic mass is 10.1. The minimum Gasteiger partial charge on any atom is -0.490 e. The Morgan fingerprint density at radius 1 is 1.32 bits per heavy atom. The van der Waals surface area contributed by atoms with Crippen molar-refractivity contribution in [2.75, 3.05) is 19.7 Å². The Bertz CT molecular complexity index is 721. The highest BCUT2D eigenvalue weighted by molar-refractivity contribution is 5.95. The average molecular weight is 341 g/mol. The molecule has 1 aromatic carbocycles. The van der Waals surface area contributed by atoms with Gasteiger partial charge in [-0.2, -0.15) is 0 Å². The number of pyridine rings is 1. The molecule has 1 fully saturated rings. The second-order valence-electron chi connectivity index (χ2n) is 6.04. The zero-order valence-corrected chi connectivity index (χ0v) is 14.4. The zero-order chi connectivity index (χ0) is 17.6. The fourth-order valence-electron chi connectivity index (χ4n) is 2.83. The molecule has 0 spiro atoms. The second kappa shape index (κ2) is 7.98. The number of nitrogens with two attached hydrogens (primary N) is 1. The number of likely N-dealkylation sites (tertiary alicyclic amines) is 1. The second-order valence-corrected chi connectivity index (χ2v) is 6.04. The standard InChI is InChI=1S/C19H23N3O3/c1-2-24-18-10-15(19(23)22-9-7-16(20)12-22)5-6-17(18)25-13-14-4-3-8-21-11-14/h3-6,8,10-11,16H,2,7,9,12-13,20H2,1H3/t16-/m0/s1. The van der Waals surface area contributed by atoms with Gasteiger partial charge in [-0.25, -0.2) is 0 Å². The molecule has 132 valence electrons. The van der Waals surface area contributed by atoms with E-state index < -0.39 is 0 Å². The molecule has 2 N–H and O–H groups in total. The summed E-state index contributed by atoms with van der Waals surface area (Å²) >= 11 is 0. The molecule has 6 heteroatoms. The van der Waals surface area contributed by atoms with Crippen molar-refractivity contribution in [1.82, 2.24) is 9.88 Å². The Morgan fingerprint density at radius 2 is 2.20 bits per heavy atom. The van der Waals surface area contributed by atoms with Gasteiger partial charge in [-0.1, -0.05) is 6.07 Å². The van der Waals surface area contributed by atoms with E-state index in [0.717, 1.165) is 12.0 Å². The summed E-state index contributed by atoms with van der Waals surface area (Å²) in [6.45, 7) is 4.09. The Morgan fingerprint density at radius 3 is 2.88 bits per heavy atom. The van der Waals surface area contributed by atoms with Gasteiger partial charge in [0.1, 0.15) is 6.61 Å². The number of nitrogens with zero attached hydrogens (tertiary/aromatic N) is 2. The number of benzene rings is 1. The largest absolute Gasteiger partial charge is 0.490 e. The van der Waals surface area contributed by atoms with Crippen molar-refractivity contribution >= 4 is 5.91 Å². The van der Waals surface area contributed by atoms with E-state index in [1.54, 1.807) is 35.5 Å². The summed E-state index contributed by atoms with van der Waals surface area (Å²) in [5, 5.41) is 0. The number of ether oxygens (including phenoxy) is 2. The van der Waals surface area contributed by atoms with Gasteiger partial charge in [0.25, 0.3) is 5.91 Å². The molecular formula is C19H23N3O3. The van der Waals surface area contributed by atoms with Crippen LogP contribution in [0.3, 0.4) is 0 Å². The molecule has 1 aliphatic heterocycles. The minimum atomic E-state index is -0.0206. The summed E-state index contributed by atoms with van der Waals surface area (Å²) in [5.41, 5.74) is 7.45.